The van der Waals surface area contributed by atoms with Gasteiger partial charge in [0.05, 0.1) is 6.20 Å². The van der Waals surface area contributed by atoms with Crippen molar-refractivity contribution < 1.29 is 4.74 Å². The molecular formula is C17H18Cl2N2O. The first kappa shape index (κ1) is 15.6. The Morgan fingerprint density at radius 1 is 1.27 bits per heavy atom. The minimum Gasteiger partial charge on any atom is -0.490 e. The molecule has 3 nitrogen and oxygen atoms in total. The number of halogens is 2. The van der Waals surface area contributed by atoms with Gasteiger partial charge in [0, 0.05) is 16.6 Å². The minimum atomic E-state index is 0.465. The highest BCUT2D eigenvalue weighted by atomic mass is 35.5. The Bertz CT molecular complexity index is 646. The fourth-order valence-electron chi connectivity index (χ4n) is 2.72. The fourth-order valence-corrected chi connectivity index (χ4v) is 3.06. The van der Waals surface area contributed by atoms with Crippen LogP contribution in [-0.2, 0) is 0 Å². The Kier molecular flexibility index (Phi) is 4.87. The van der Waals surface area contributed by atoms with E-state index in [9.17, 15) is 0 Å². The van der Waals surface area contributed by atoms with Crippen molar-refractivity contribution in [1.29, 1.82) is 0 Å². The van der Waals surface area contributed by atoms with E-state index in [0.29, 0.717) is 22.8 Å². The molecule has 1 saturated heterocycles. The van der Waals surface area contributed by atoms with Crippen molar-refractivity contribution >= 4 is 23.2 Å². The molecule has 2 aromatic rings. The van der Waals surface area contributed by atoms with Crippen molar-refractivity contribution in [3.8, 4) is 16.9 Å². The SMILES string of the molecule is CN1CCCC1COc1cnc(Cl)c(-c2ccc(Cl)cc2)c1. The lowest BCUT2D eigenvalue weighted by molar-refractivity contribution is 0.198. The summed E-state index contributed by atoms with van der Waals surface area (Å²) >= 11 is 12.1. The van der Waals surface area contributed by atoms with Crippen molar-refractivity contribution in [2.75, 3.05) is 20.2 Å². The number of rotatable bonds is 4. The molecule has 0 amide bonds. The Morgan fingerprint density at radius 3 is 2.73 bits per heavy atom. The van der Waals surface area contributed by atoms with Gasteiger partial charge < -0.3 is 9.64 Å². The lowest BCUT2D eigenvalue weighted by Crippen LogP contribution is -2.30. The average molecular weight is 337 g/mol. The number of ether oxygens (including phenoxy) is 1. The summed E-state index contributed by atoms with van der Waals surface area (Å²) in [6.45, 7) is 1.82. The third-order valence-electron chi connectivity index (χ3n) is 4.08. The zero-order chi connectivity index (χ0) is 15.5. The summed E-state index contributed by atoms with van der Waals surface area (Å²) in [5.74, 6) is 0.745. The van der Waals surface area contributed by atoms with Gasteiger partial charge in [-0.1, -0.05) is 35.3 Å². The maximum Gasteiger partial charge on any atom is 0.138 e. The number of nitrogens with zero attached hydrogens (tertiary/aromatic N) is 2. The monoisotopic (exact) mass is 336 g/mol. The van der Waals surface area contributed by atoms with Gasteiger partial charge in [-0.25, -0.2) is 4.98 Å². The molecule has 1 unspecified atom stereocenters. The molecule has 1 aromatic heterocycles. The van der Waals surface area contributed by atoms with Gasteiger partial charge in [-0.3, -0.25) is 0 Å². The Morgan fingerprint density at radius 2 is 2.05 bits per heavy atom. The maximum atomic E-state index is 6.21. The molecule has 5 heteroatoms. The average Bonchev–Trinajstić information content (AvgIpc) is 2.93. The van der Waals surface area contributed by atoms with Crippen LogP contribution in [0.5, 0.6) is 5.75 Å². The van der Waals surface area contributed by atoms with Gasteiger partial charge in [0.25, 0.3) is 0 Å². The Balaban J connectivity index is 1.76. The topological polar surface area (TPSA) is 25.4 Å². The summed E-state index contributed by atoms with van der Waals surface area (Å²) in [5, 5.41) is 1.16. The zero-order valence-electron chi connectivity index (χ0n) is 12.4. The standard InChI is InChI=1S/C17H18Cl2N2O/c1-21-8-2-3-14(21)11-22-15-9-16(17(19)20-10-15)12-4-6-13(18)7-5-12/h4-7,9-10,14H,2-3,8,11H2,1H3. The predicted octanol–water partition coefficient (Wildman–Crippen LogP) is 4.53. The lowest BCUT2D eigenvalue weighted by atomic mass is 10.1. The van der Waals surface area contributed by atoms with Crippen molar-refractivity contribution in [3.05, 3.63) is 46.7 Å². The third kappa shape index (κ3) is 3.54. The van der Waals surface area contributed by atoms with Crippen molar-refractivity contribution in [3.63, 3.8) is 0 Å². The van der Waals surface area contributed by atoms with E-state index in [2.05, 4.69) is 16.9 Å². The molecule has 1 aliphatic rings. The molecule has 1 atom stereocenters. The van der Waals surface area contributed by atoms with Crippen LogP contribution in [0.15, 0.2) is 36.5 Å². The Hall–Kier alpha value is -1.29. The number of likely N-dealkylation sites (tertiary alicyclic amines) is 1. The summed E-state index contributed by atoms with van der Waals surface area (Å²) in [5.41, 5.74) is 1.83. The van der Waals surface area contributed by atoms with E-state index in [4.69, 9.17) is 27.9 Å². The minimum absolute atomic E-state index is 0.465. The molecule has 1 aliphatic heterocycles. The summed E-state index contributed by atoms with van der Waals surface area (Å²) < 4.78 is 5.91. The van der Waals surface area contributed by atoms with Gasteiger partial charge >= 0.3 is 0 Å². The number of likely N-dealkylation sites (N-methyl/N-ethyl adjacent to an activating group) is 1. The van der Waals surface area contributed by atoms with E-state index >= 15 is 0 Å². The van der Waals surface area contributed by atoms with E-state index in [-0.39, 0.29) is 0 Å². The molecule has 0 bridgehead atoms. The molecule has 1 aromatic carbocycles. The highest BCUT2D eigenvalue weighted by Gasteiger charge is 2.21. The number of hydrogen-bond donors (Lipinski definition) is 0. The maximum absolute atomic E-state index is 6.21. The number of pyridine rings is 1. The first-order valence-corrected chi connectivity index (χ1v) is 8.13. The van der Waals surface area contributed by atoms with E-state index in [0.717, 1.165) is 23.4 Å². The van der Waals surface area contributed by atoms with Crippen molar-refractivity contribution in [1.82, 2.24) is 9.88 Å². The molecule has 0 N–H and O–H groups in total. The third-order valence-corrected chi connectivity index (χ3v) is 4.64. The van der Waals surface area contributed by atoms with Crippen LogP contribution in [0, 0.1) is 0 Å². The second-order valence-electron chi connectivity index (χ2n) is 5.60. The Labute approximate surface area is 140 Å². The van der Waals surface area contributed by atoms with Gasteiger partial charge in [-0.2, -0.15) is 0 Å². The smallest absolute Gasteiger partial charge is 0.138 e. The van der Waals surface area contributed by atoms with Crippen molar-refractivity contribution in [2.24, 2.45) is 0 Å². The van der Waals surface area contributed by atoms with Crippen LogP contribution in [-0.4, -0.2) is 36.1 Å². The first-order chi connectivity index (χ1) is 10.6. The predicted molar refractivity (Wildman–Crippen MR) is 90.8 cm³/mol. The summed E-state index contributed by atoms with van der Waals surface area (Å²) in [6, 6.07) is 9.96. The molecule has 0 saturated carbocycles. The molecule has 116 valence electrons. The quantitative estimate of drug-likeness (QED) is 0.767. The molecular weight excluding hydrogens is 319 g/mol. The molecule has 0 radical (unpaired) electrons. The van der Waals surface area contributed by atoms with Gasteiger partial charge in [0.2, 0.25) is 0 Å². The molecule has 0 aliphatic carbocycles. The highest BCUT2D eigenvalue weighted by Crippen LogP contribution is 2.30. The van der Waals surface area contributed by atoms with Gasteiger partial charge in [0.15, 0.2) is 0 Å². The first-order valence-electron chi connectivity index (χ1n) is 7.38. The van der Waals surface area contributed by atoms with Crippen LogP contribution >= 0.6 is 23.2 Å². The van der Waals surface area contributed by atoms with Crippen LogP contribution in [0.2, 0.25) is 10.2 Å². The number of aromatic nitrogens is 1. The summed E-state index contributed by atoms with van der Waals surface area (Å²) in [4.78, 5) is 6.57. The van der Waals surface area contributed by atoms with E-state index in [1.54, 1.807) is 6.20 Å². The zero-order valence-corrected chi connectivity index (χ0v) is 13.9. The van der Waals surface area contributed by atoms with Crippen LogP contribution < -0.4 is 4.74 Å². The van der Waals surface area contributed by atoms with E-state index in [1.807, 2.05) is 30.3 Å². The van der Waals surface area contributed by atoms with Gasteiger partial charge in [0.1, 0.15) is 17.5 Å². The second kappa shape index (κ2) is 6.86. The molecule has 3 rings (SSSR count). The van der Waals surface area contributed by atoms with Crippen LogP contribution in [0.4, 0.5) is 0 Å². The van der Waals surface area contributed by atoms with Crippen LogP contribution in [0.3, 0.4) is 0 Å². The molecule has 22 heavy (non-hydrogen) atoms. The lowest BCUT2D eigenvalue weighted by Gasteiger charge is -2.19. The number of hydrogen-bond acceptors (Lipinski definition) is 3. The van der Waals surface area contributed by atoms with Crippen molar-refractivity contribution in [2.45, 2.75) is 18.9 Å². The highest BCUT2D eigenvalue weighted by molar-refractivity contribution is 6.32. The molecule has 0 spiro atoms. The van der Waals surface area contributed by atoms with Gasteiger partial charge in [-0.15, -0.1) is 0 Å². The normalized spacial score (nSPS) is 18.6. The number of benzene rings is 1. The molecule has 2 heterocycles. The molecule has 1 fully saturated rings. The summed E-state index contributed by atoms with van der Waals surface area (Å²) in [6.07, 6.45) is 4.09. The van der Waals surface area contributed by atoms with Crippen LogP contribution in [0.25, 0.3) is 11.1 Å². The van der Waals surface area contributed by atoms with E-state index in [1.165, 1.54) is 12.8 Å². The van der Waals surface area contributed by atoms with Gasteiger partial charge in [-0.05, 0) is 50.2 Å². The van der Waals surface area contributed by atoms with Crippen LogP contribution in [0.1, 0.15) is 12.8 Å². The fraction of sp³-hybridized carbons (Fsp3) is 0.353. The van der Waals surface area contributed by atoms with E-state index < -0.39 is 0 Å². The summed E-state index contributed by atoms with van der Waals surface area (Å²) in [7, 11) is 2.14. The second-order valence-corrected chi connectivity index (χ2v) is 6.40. The largest absolute Gasteiger partial charge is 0.490 e.